The molecular formula is C84H119F5N10O15S2. The number of hydrogen-bond acceptors (Lipinski definition) is 22. The van der Waals surface area contributed by atoms with Crippen molar-refractivity contribution < 1.29 is 94.3 Å². The fourth-order valence-corrected chi connectivity index (χ4v) is 16.3. The average Bonchev–Trinajstić information content (AvgIpc) is 1.27. The lowest BCUT2D eigenvalue weighted by Crippen LogP contribution is -2.50. The van der Waals surface area contributed by atoms with E-state index >= 15 is 0 Å². The molecule has 0 saturated carbocycles. The Morgan fingerprint density at radius 3 is 1.30 bits per heavy atom. The third-order valence-electron chi connectivity index (χ3n) is 22.9. The SMILES string of the molecule is CC[C@H](C)[C@H](CC(=O)[C@@]1(C)CCCN1C)C(=O)N(C)[C@H](C[C@@H](OC(C)=O)c1nc(C(=O)N[C@@H](Cc2ccc(N)cc2)C[C@H](C)C(=O)O)cs1)C(C)C.CC[C@H](C)[C@H](CC(=O)[C@@]1(C)CCCN1C)C(=O)N(C)[C@H](C[C@@H](OC(C)=O)c1nc(C(=O)Oc2c(F)c(F)c(F)c(F)c2F)cs1)C(C)C.C[C@@H](C[C@@H](N)Cc1ccc(N)cc1)C(=O)O. The molecule has 0 aliphatic carbocycles. The largest absolute Gasteiger partial charge is 0.481 e. The average molecular weight is 1670 g/mol. The Hall–Kier alpha value is -8.85. The van der Waals surface area contributed by atoms with Crippen LogP contribution in [-0.4, -0.2) is 175 Å². The van der Waals surface area contributed by atoms with Crippen LogP contribution in [0.2, 0.25) is 0 Å². The van der Waals surface area contributed by atoms with Crippen molar-refractivity contribution in [2.45, 2.75) is 234 Å². The molecule has 2 aliphatic rings. The predicted octanol–water partition coefficient (Wildman–Crippen LogP) is 13.7. The lowest BCUT2D eigenvalue weighted by molar-refractivity contribution is -0.151. The van der Waals surface area contributed by atoms with Crippen LogP contribution in [0, 0.1) is 76.4 Å². The lowest BCUT2D eigenvalue weighted by Gasteiger charge is -2.38. The van der Waals surface area contributed by atoms with E-state index in [4.69, 9.17) is 31.8 Å². The van der Waals surface area contributed by atoms with Crippen LogP contribution in [0.15, 0.2) is 59.3 Å². The Morgan fingerprint density at radius 2 is 0.940 bits per heavy atom. The molecule has 3 amide bonds. The monoisotopic (exact) mass is 1670 g/mol. The van der Waals surface area contributed by atoms with Gasteiger partial charge in [-0.15, -0.1) is 22.7 Å². The number of benzene rings is 3. The number of carbonyl (C=O) groups excluding carboxylic acids is 8. The fraction of sp³-hybridized carbons (Fsp3) is 0.595. The first kappa shape index (κ1) is 97.7. The first-order chi connectivity index (χ1) is 54.2. The maximum absolute atomic E-state index is 14.3. The molecule has 9 N–H and O–H groups in total. The molecule has 7 rings (SSSR count). The van der Waals surface area contributed by atoms with Crippen LogP contribution in [0.25, 0.3) is 0 Å². The number of carboxylic acid groups (broad SMARTS) is 2. The van der Waals surface area contributed by atoms with Crippen LogP contribution in [0.4, 0.5) is 33.3 Å². The first-order valence-electron chi connectivity index (χ1n) is 39.4. The summed E-state index contributed by atoms with van der Waals surface area (Å²) in [6, 6.07) is 13.1. The Bertz CT molecular complexity index is 4160. The van der Waals surface area contributed by atoms with Gasteiger partial charge in [0.25, 0.3) is 5.91 Å². The first-order valence-corrected chi connectivity index (χ1v) is 41.2. The number of nitrogen functional groups attached to an aromatic ring is 2. The molecule has 0 bridgehead atoms. The minimum Gasteiger partial charge on any atom is -0.481 e. The number of likely N-dealkylation sites (tertiary alicyclic amines) is 2. The summed E-state index contributed by atoms with van der Waals surface area (Å²) in [4.78, 5) is 145. The molecular weight excluding hydrogens is 1550 g/mol. The van der Waals surface area contributed by atoms with Crippen molar-refractivity contribution in [3.63, 3.8) is 0 Å². The number of aromatic nitrogens is 2. The van der Waals surface area contributed by atoms with Crippen LogP contribution < -0.4 is 27.3 Å². The topological polar surface area (TPSA) is 368 Å². The number of likely N-dealkylation sites (N-methyl/N-ethyl adjacent to an activating group) is 2. The fourth-order valence-electron chi connectivity index (χ4n) is 14.6. The van der Waals surface area contributed by atoms with E-state index in [1.165, 1.54) is 18.3 Å². The van der Waals surface area contributed by atoms with Gasteiger partial charge in [0, 0.05) is 112 Å². The molecule has 32 heteroatoms. The maximum atomic E-state index is 14.3. The van der Waals surface area contributed by atoms with Gasteiger partial charge in [-0.05, 0) is 151 Å². The van der Waals surface area contributed by atoms with Crippen molar-refractivity contribution in [3.05, 3.63) is 121 Å². The van der Waals surface area contributed by atoms with Crippen molar-refractivity contribution in [1.29, 1.82) is 0 Å². The molecule has 642 valence electrons. The van der Waals surface area contributed by atoms with Gasteiger partial charge in [0.15, 0.2) is 29.5 Å². The van der Waals surface area contributed by atoms with E-state index in [-0.39, 0.29) is 102 Å². The lowest BCUT2D eigenvalue weighted by atomic mass is 9.80. The number of nitrogens with one attached hydrogen (secondary N) is 1. The number of thiazole rings is 2. The van der Waals surface area contributed by atoms with Crippen molar-refractivity contribution in [2.75, 3.05) is 52.7 Å². The van der Waals surface area contributed by atoms with Gasteiger partial charge < -0.3 is 56.7 Å². The second-order valence-corrected chi connectivity index (χ2v) is 34.0. The summed E-state index contributed by atoms with van der Waals surface area (Å²) in [5.74, 6) is -21.2. The van der Waals surface area contributed by atoms with E-state index < -0.39 is 135 Å². The number of rotatable bonds is 38. The minimum absolute atomic E-state index is 0.00140. The number of nitrogens with two attached hydrogens (primary N) is 3. The zero-order valence-electron chi connectivity index (χ0n) is 70.0. The maximum Gasteiger partial charge on any atom is 0.363 e. The molecule has 25 nitrogen and oxygen atoms in total. The number of hydrogen-bond donors (Lipinski definition) is 6. The third-order valence-corrected chi connectivity index (χ3v) is 24.8. The van der Waals surface area contributed by atoms with Gasteiger partial charge in [-0.3, -0.25) is 53.0 Å². The number of amides is 3. The second kappa shape index (κ2) is 44.1. The molecule has 2 aromatic heterocycles. The standard InChI is InChI=1S/C39H59N5O7S.C33H42F5N3O6S.C12H18N2O2/c1-10-24(4)30(20-34(46)39(7)16-11-17-43(39)8)37(48)44(9)32(23(2)3)21-33(51-26(6)45)36-42-31(22-52-36)35(47)41-29(18-25(5)38(49)50)19-27-12-14-28(40)15-13-27;1-9-17(4)19(13-23(43)33(6)11-10-12-40(33)7)31(44)41(8)21(16(2)3)14-22(46-18(5)42)30-39-20(15-48-30)32(45)47-29-27(37)25(35)24(34)26(36)28(29)38;1-8(12(15)16)6-11(14)7-9-2-4-10(13)5-3-9/h12-15,22-25,29-30,32-33H,10-11,16-21,40H2,1-9H3,(H,41,47)(H,49,50);15-17,19,21-22H,9-14H2,1-8H3;2-5,8,11H,6-7,13-14H2,1H3,(H,15,16)/t24-,25-,29+,30-,32+,33+,39+;17-,19-,21+,22+,33+;8-,11+/m000/s1. The normalized spacial score (nSPS) is 18.7. The summed E-state index contributed by atoms with van der Waals surface area (Å²) in [6.45, 7) is 26.9. The highest BCUT2D eigenvalue weighted by Gasteiger charge is 2.46. The van der Waals surface area contributed by atoms with Gasteiger partial charge in [0.2, 0.25) is 46.6 Å². The molecule has 5 aromatic rings. The highest BCUT2D eigenvalue weighted by atomic mass is 32.1. The number of halogens is 5. The van der Waals surface area contributed by atoms with E-state index in [0.717, 1.165) is 79.2 Å². The van der Waals surface area contributed by atoms with Crippen molar-refractivity contribution in [3.8, 4) is 5.75 Å². The van der Waals surface area contributed by atoms with Crippen LogP contribution in [-0.2, 0) is 60.7 Å². The summed E-state index contributed by atoms with van der Waals surface area (Å²) < 4.78 is 84.6. The number of ketones is 2. The zero-order valence-corrected chi connectivity index (χ0v) is 71.6. The molecule has 116 heavy (non-hydrogen) atoms. The van der Waals surface area contributed by atoms with E-state index in [1.807, 2.05) is 125 Å². The molecule has 2 fully saturated rings. The number of esters is 3. The van der Waals surface area contributed by atoms with Crippen molar-refractivity contribution in [2.24, 2.45) is 53.1 Å². The number of carbonyl (C=O) groups is 10. The predicted molar refractivity (Wildman–Crippen MR) is 433 cm³/mol. The minimum atomic E-state index is -2.41. The quantitative estimate of drug-likeness (QED) is 0.00534. The second-order valence-electron chi connectivity index (χ2n) is 32.2. The molecule has 0 spiro atoms. The smallest absolute Gasteiger partial charge is 0.363 e. The molecule has 4 heterocycles. The summed E-state index contributed by atoms with van der Waals surface area (Å²) in [5.41, 5.74) is 18.9. The highest BCUT2D eigenvalue weighted by Crippen LogP contribution is 2.39. The number of nitrogens with zero attached hydrogens (tertiary/aromatic N) is 6. The summed E-state index contributed by atoms with van der Waals surface area (Å²) in [6.07, 6.45) is 5.06. The summed E-state index contributed by atoms with van der Waals surface area (Å²) >= 11 is 2.01. The van der Waals surface area contributed by atoms with E-state index in [0.29, 0.717) is 42.8 Å². The highest BCUT2D eigenvalue weighted by molar-refractivity contribution is 7.10. The van der Waals surface area contributed by atoms with E-state index in [2.05, 4.69) is 24.9 Å². The van der Waals surface area contributed by atoms with Gasteiger partial charge in [0.05, 0.1) is 22.9 Å². The third kappa shape index (κ3) is 26.6. The molecule has 2 saturated heterocycles. The Labute approximate surface area is 685 Å². The molecule has 3 aromatic carbocycles. The summed E-state index contributed by atoms with van der Waals surface area (Å²) in [7, 11) is 7.25. The van der Waals surface area contributed by atoms with Gasteiger partial charge in [0.1, 0.15) is 15.7 Å². The van der Waals surface area contributed by atoms with Gasteiger partial charge >= 0.3 is 29.8 Å². The number of anilines is 2. The number of Topliss-reactive ketones (excluding diaryl/α,β-unsaturated/α-hetero) is 2. The van der Waals surface area contributed by atoms with Crippen molar-refractivity contribution >= 4 is 93.2 Å². The van der Waals surface area contributed by atoms with E-state index in [1.54, 1.807) is 55.3 Å². The van der Waals surface area contributed by atoms with Crippen LogP contribution in [0.3, 0.4) is 0 Å². The number of ether oxygens (including phenoxy) is 3. The Morgan fingerprint density at radius 1 is 0.569 bits per heavy atom. The van der Waals surface area contributed by atoms with Crippen LogP contribution in [0.1, 0.15) is 228 Å². The molecule has 0 unspecified atom stereocenters. The molecule has 0 radical (unpaired) electrons. The number of aliphatic carboxylic acids is 2. The molecule has 2 aliphatic heterocycles. The van der Waals surface area contributed by atoms with Gasteiger partial charge in [-0.1, -0.05) is 106 Å². The van der Waals surface area contributed by atoms with Gasteiger partial charge in [-0.2, -0.15) is 8.78 Å². The van der Waals surface area contributed by atoms with E-state index in [9.17, 15) is 75.0 Å². The molecule has 14 atom stereocenters. The number of carboxylic acids is 2. The van der Waals surface area contributed by atoms with Gasteiger partial charge in [-0.25, -0.2) is 27.9 Å². The van der Waals surface area contributed by atoms with Crippen molar-refractivity contribution in [1.82, 2.24) is 34.9 Å². The van der Waals surface area contributed by atoms with Crippen LogP contribution >= 0.6 is 22.7 Å². The zero-order chi connectivity index (χ0) is 87.3. The van der Waals surface area contributed by atoms with Crippen LogP contribution in [0.5, 0.6) is 5.75 Å². The Balaban J connectivity index is 0.000000348. The Kier molecular flexibility index (Phi) is 37.1. The summed E-state index contributed by atoms with van der Waals surface area (Å²) in [5, 5.41) is 24.4.